The molecule has 31 heavy (non-hydrogen) atoms. The number of carbonyl (C=O) groups excluding carboxylic acids is 3. The Morgan fingerprint density at radius 1 is 1.23 bits per heavy atom. The van der Waals surface area contributed by atoms with Crippen molar-refractivity contribution in [3.63, 3.8) is 0 Å². The summed E-state index contributed by atoms with van der Waals surface area (Å²) in [5, 5.41) is 12.7. The SMILES string of the molecule is C[C@]1(CCc2ccccc2)NC(=O)N(NC(=O)CSc2n[nH]c(-c3cccs3)n2)C1=O. The molecule has 1 aromatic carbocycles. The number of nitrogens with zero attached hydrogens (tertiary/aromatic N) is 3. The molecule has 3 N–H and O–H groups in total. The van der Waals surface area contributed by atoms with Gasteiger partial charge in [0.05, 0.1) is 10.6 Å². The molecule has 0 unspecified atom stereocenters. The molecule has 11 heteroatoms. The van der Waals surface area contributed by atoms with E-state index in [2.05, 4.69) is 25.9 Å². The van der Waals surface area contributed by atoms with Gasteiger partial charge in [-0.3, -0.25) is 20.1 Å². The van der Waals surface area contributed by atoms with Crippen molar-refractivity contribution < 1.29 is 14.4 Å². The summed E-state index contributed by atoms with van der Waals surface area (Å²) in [5.74, 6) is -0.395. The minimum Gasteiger partial charge on any atom is -0.322 e. The van der Waals surface area contributed by atoms with Gasteiger partial charge in [0.25, 0.3) is 5.91 Å². The first-order chi connectivity index (χ1) is 14.9. The fraction of sp³-hybridized carbons (Fsp3) is 0.250. The lowest BCUT2D eigenvalue weighted by atomic mass is 9.93. The van der Waals surface area contributed by atoms with E-state index in [0.717, 1.165) is 27.2 Å². The normalized spacial score (nSPS) is 18.3. The van der Waals surface area contributed by atoms with Gasteiger partial charge in [0.2, 0.25) is 11.1 Å². The van der Waals surface area contributed by atoms with E-state index in [9.17, 15) is 14.4 Å². The van der Waals surface area contributed by atoms with Gasteiger partial charge in [-0.2, -0.15) is 5.01 Å². The van der Waals surface area contributed by atoms with Crippen LogP contribution in [0.5, 0.6) is 0 Å². The zero-order chi connectivity index (χ0) is 21.8. The lowest BCUT2D eigenvalue weighted by molar-refractivity contribution is -0.138. The highest BCUT2D eigenvalue weighted by Gasteiger charge is 2.48. The number of aryl methyl sites for hydroxylation is 1. The lowest BCUT2D eigenvalue weighted by Crippen LogP contribution is -2.49. The van der Waals surface area contributed by atoms with E-state index in [4.69, 9.17) is 0 Å². The molecule has 1 aliphatic rings. The Bertz CT molecular complexity index is 1090. The number of H-pyrrole nitrogens is 1. The summed E-state index contributed by atoms with van der Waals surface area (Å²) >= 11 is 2.64. The molecular formula is C20H20N6O3S2. The summed E-state index contributed by atoms with van der Waals surface area (Å²) in [7, 11) is 0. The molecule has 1 fully saturated rings. The van der Waals surface area contributed by atoms with Gasteiger partial charge in [0, 0.05) is 0 Å². The number of hydrazine groups is 1. The maximum Gasteiger partial charge on any atom is 0.344 e. The Hall–Kier alpha value is -3.18. The highest BCUT2D eigenvalue weighted by Crippen LogP contribution is 2.24. The largest absolute Gasteiger partial charge is 0.344 e. The highest BCUT2D eigenvalue weighted by molar-refractivity contribution is 7.99. The van der Waals surface area contributed by atoms with E-state index in [0.29, 0.717) is 23.8 Å². The third-order valence-electron chi connectivity index (χ3n) is 4.81. The number of nitrogens with one attached hydrogen (secondary N) is 3. The van der Waals surface area contributed by atoms with E-state index < -0.39 is 23.4 Å². The van der Waals surface area contributed by atoms with Crippen LogP contribution >= 0.6 is 23.1 Å². The fourth-order valence-corrected chi connectivity index (χ4v) is 4.37. The van der Waals surface area contributed by atoms with E-state index in [1.807, 2.05) is 47.8 Å². The van der Waals surface area contributed by atoms with E-state index in [1.54, 1.807) is 6.92 Å². The molecule has 0 spiro atoms. The monoisotopic (exact) mass is 456 g/mol. The second kappa shape index (κ2) is 8.90. The minimum absolute atomic E-state index is 0.0421. The standard InChI is InChI=1S/C20H20N6O3S2/c1-20(10-9-13-6-3-2-4-7-13)17(28)26(19(29)22-20)25-15(27)12-31-18-21-16(23-24-18)14-8-5-11-30-14/h2-8,11H,9-10,12H2,1H3,(H,22,29)(H,25,27)(H,21,23,24)/t20-/m1/s1. The molecular weight excluding hydrogens is 436 g/mol. The van der Waals surface area contributed by atoms with Crippen LogP contribution in [0.15, 0.2) is 53.0 Å². The highest BCUT2D eigenvalue weighted by atomic mass is 32.2. The van der Waals surface area contributed by atoms with Gasteiger partial charge in [-0.1, -0.05) is 48.2 Å². The van der Waals surface area contributed by atoms with Crippen LogP contribution in [0.2, 0.25) is 0 Å². The number of hydrogen-bond donors (Lipinski definition) is 3. The summed E-state index contributed by atoms with van der Waals surface area (Å²) in [6.45, 7) is 1.66. The van der Waals surface area contributed by atoms with Crippen molar-refractivity contribution in [2.75, 3.05) is 5.75 Å². The molecule has 0 saturated carbocycles. The molecule has 0 aliphatic carbocycles. The Balaban J connectivity index is 1.30. The maximum atomic E-state index is 12.8. The summed E-state index contributed by atoms with van der Waals surface area (Å²) < 4.78 is 0. The van der Waals surface area contributed by atoms with Gasteiger partial charge < -0.3 is 5.32 Å². The number of imide groups is 1. The number of benzene rings is 1. The molecule has 0 bridgehead atoms. The number of carbonyl (C=O) groups is 3. The van der Waals surface area contributed by atoms with E-state index in [1.165, 1.54) is 11.3 Å². The minimum atomic E-state index is -1.08. The topological polar surface area (TPSA) is 120 Å². The van der Waals surface area contributed by atoms with Gasteiger partial charge in [0.1, 0.15) is 5.54 Å². The van der Waals surface area contributed by atoms with E-state index >= 15 is 0 Å². The van der Waals surface area contributed by atoms with Crippen molar-refractivity contribution in [3.05, 3.63) is 53.4 Å². The summed E-state index contributed by atoms with van der Waals surface area (Å²) in [4.78, 5) is 42.7. The quantitative estimate of drug-likeness (QED) is 0.354. The van der Waals surface area contributed by atoms with Gasteiger partial charge in [0.15, 0.2) is 5.82 Å². The first-order valence-corrected chi connectivity index (χ1v) is 11.4. The summed E-state index contributed by atoms with van der Waals surface area (Å²) in [6.07, 6.45) is 1.05. The first-order valence-electron chi connectivity index (χ1n) is 9.54. The van der Waals surface area contributed by atoms with Crippen molar-refractivity contribution >= 4 is 40.9 Å². The average molecular weight is 457 g/mol. The van der Waals surface area contributed by atoms with Crippen molar-refractivity contribution in [2.24, 2.45) is 0 Å². The number of hydrogen-bond acceptors (Lipinski definition) is 7. The first kappa shape index (κ1) is 21.1. The molecule has 1 aliphatic heterocycles. The van der Waals surface area contributed by atoms with Crippen LogP contribution in [-0.2, 0) is 16.0 Å². The maximum absolute atomic E-state index is 12.8. The van der Waals surface area contributed by atoms with Crippen molar-refractivity contribution in [2.45, 2.75) is 30.5 Å². The molecule has 4 rings (SSSR count). The lowest BCUT2D eigenvalue weighted by Gasteiger charge is -2.21. The molecule has 1 saturated heterocycles. The van der Waals surface area contributed by atoms with Crippen LogP contribution in [0.1, 0.15) is 18.9 Å². The Morgan fingerprint density at radius 3 is 2.77 bits per heavy atom. The number of urea groups is 1. The zero-order valence-corrected chi connectivity index (χ0v) is 18.3. The number of aromatic nitrogens is 3. The van der Waals surface area contributed by atoms with Crippen molar-refractivity contribution in [1.82, 2.24) is 30.9 Å². The van der Waals surface area contributed by atoms with E-state index in [-0.39, 0.29) is 5.75 Å². The van der Waals surface area contributed by atoms with Crippen LogP contribution in [0.25, 0.3) is 10.7 Å². The van der Waals surface area contributed by atoms with Crippen LogP contribution in [0, 0.1) is 0 Å². The van der Waals surface area contributed by atoms with Gasteiger partial charge in [-0.15, -0.1) is 16.4 Å². The Labute approximate surface area is 186 Å². The van der Waals surface area contributed by atoms with Gasteiger partial charge >= 0.3 is 6.03 Å². The molecule has 1 atom stereocenters. The third-order valence-corrected chi connectivity index (χ3v) is 6.53. The number of thioether (sulfide) groups is 1. The predicted octanol–water partition coefficient (Wildman–Crippen LogP) is 2.60. The molecule has 0 radical (unpaired) electrons. The molecule has 4 amide bonds. The Morgan fingerprint density at radius 2 is 2.03 bits per heavy atom. The smallest absolute Gasteiger partial charge is 0.322 e. The van der Waals surface area contributed by atoms with Crippen LogP contribution < -0.4 is 10.7 Å². The third kappa shape index (κ3) is 4.78. The van der Waals surface area contributed by atoms with Crippen molar-refractivity contribution in [1.29, 1.82) is 0 Å². The van der Waals surface area contributed by atoms with Gasteiger partial charge in [-0.25, -0.2) is 9.78 Å². The second-order valence-electron chi connectivity index (χ2n) is 7.16. The summed E-state index contributed by atoms with van der Waals surface area (Å²) in [6, 6.07) is 12.9. The molecule has 2 aromatic heterocycles. The molecule has 3 aromatic rings. The van der Waals surface area contributed by atoms with Gasteiger partial charge in [-0.05, 0) is 36.8 Å². The molecule has 160 valence electrons. The predicted molar refractivity (Wildman–Crippen MR) is 117 cm³/mol. The van der Waals surface area contributed by atoms with Crippen LogP contribution in [0.3, 0.4) is 0 Å². The second-order valence-corrected chi connectivity index (χ2v) is 9.05. The number of amides is 4. The fourth-order valence-electron chi connectivity index (χ4n) is 3.12. The average Bonchev–Trinajstić information content (AvgIpc) is 3.50. The van der Waals surface area contributed by atoms with Crippen LogP contribution in [0.4, 0.5) is 4.79 Å². The number of rotatable bonds is 8. The molecule has 9 nitrogen and oxygen atoms in total. The Kier molecular flexibility index (Phi) is 6.05. The van der Waals surface area contributed by atoms with Crippen LogP contribution in [-0.4, -0.2) is 49.3 Å². The number of thiophene rings is 1. The summed E-state index contributed by atoms with van der Waals surface area (Å²) in [5.41, 5.74) is 2.38. The zero-order valence-electron chi connectivity index (χ0n) is 16.6. The number of aromatic amines is 1. The van der Waals surface area contributed by atoms with Crippen molar-refractivity contribution in [3.8, 4) is 10.7 Å². The molecule has 3 heterocycles.